The zero-order valence-electron chi connectivity index (χ0n) is 9.20. The summed E-state index contributed by atoms with van der Waals surface area (Å²) in [7, 11) is 1.68. The predicted octanol–water partition coefficient (Wildman–Crippen LogP) is 2.27. The van der Waals surface area contributed by atoms with Crippen LogP contribution in [-0.4, -0.2) is 20.2 Å². The van der Waals surface area contributed by atoms with E-state index in [-0.39, 0.29) is 0 Å². The largest absolute Gasteiger partial charge is 0.492 e. The molecule has 1 aromatic rings. The van der Waals surface area contributed by atoms with Gasteiger partial charge in [0, 0.05) is 13.1 Å². The summed E-state index contributed by atoms with van der Waals surface area (Å²) in [5.74, 6) is 0.819. The summed E-state index contributed by atoms with van der Waals surface area (Å²) in [6.45, 7) is 2.22. The number of piperidine rings is 1. The highest BCUT2D eigenvalue weighted by atomic mass is 16.5. The van der Waals surface area contributed by atoms with Gasteiger partial charge in [0.25, 0.3) is 0 Å². The van der Waals surface area contributed by atoms with E-state index in [0.717, 1.165) is 30.2 Å². The second-order valence-corrected chi connectivity index (χ2v) is 3.95. The predicted molar refractivity (Wildman–Crippen MR) is 63.5 cm³/mol. The lowest BCUT2D eigenvalue weighted by atomic mass is 10.1. The Labute approximate surface area is 90.8 Å². The molecule has 0 radical (unpaired) electrons. The number of benzene rings is 1. The highest BCUT2D eigenvalue weighted by Crippen LogP contribution is 2.34. The molecule has 0 atom stereocenters. The Morgan fingerprint density at radius 2 is 1.93 bits per heavy atom. The van der Waals surface area contributed by atoms with Crippen LogP contribution in [0, 0.1) is 0 Å². The second-order valence-electron chi connectivity index (χ2n) is 3.95. The maximum absolute atomic E-state index is 5.89. The molecule has 1 saturated heterocycles. The smallest absolute Gasteiger partial charge is 0.165 e. The number of ether oxygens (including phenoxy) is 1. The van der Waals surface area contributed by atoms with E-state index in [2.05, 4.69) is 11.0 Å². The van der Waals surface area contributed by atoms with Gasteiger partial charge >= 0.3 is 0 Å². The lowest BCUT2D eigenvalue weighted by molar-refractivity contribution is 0.415. The molecule has 1 heterocycles. The zero-order chi connectivity index (χ0) is 10.7. The molecule has 3 nitrogen and oxygen atoms in total. The van der Waals surface area contributed by atoms with Gasteiger partial charge in [0.2, 0.25) is 0 Å². The Bertz CT molecular complexity index is 332. The van der Waals surface area contributed by atoms with Crippen LogP contribution in [0.15, 0.2) is 18.2 Å². The first kappa shape index (κ1) is 10.1. The number of methoxy groups -OCH3 is 1. The van der Waals surface area contributed by atoms with Crippen molar-refractivity contribution in [1.82, 2.24) is 0 Å². The van der Waals surface area contributed by atoms with Crippen LogP contribution in [0.4, 0.5) is 11.4 Å². The van der Waals surface area contributed by atoms with Gasteiger partial charge < -0.3 is 15.4 Å². The maximum Gasteiger partial charge on any atom is 0.165 e. The Hall–Kier alpha value is -1.38. The van der Waals surface area contributed by atoms with E-state index >= 15 is 0 Å². The first-order valence-electron chi connectivity index (χ1n) is 5.50. The molecular weight excluding hydrogens is 188 g/mol. The van der Waals surface area contributed by atoms with E-state index in [9.17, 15) is 0 Å². The van der Waals surface area contributed by atoms with Crippen LogP contribution in [0.25, 0.3) is 0 Å². The SMILES string of the molecule is COc1c(N)cccc1N1CCCCC1. The van der Waals surface area contributed by atoms with Crippen molar-refractivity contribution in [3.63, 3.8) is 0 Å². The summed E-state index contributed by atoms with van der Waals surface area (Å²) in [6.07, 6.45) is 3.86. The number of hydrogen-bond acceptors (Lipinski definition) is 3. The summed E-state index contributed by atoms with van der Waals surface area (Å²) >= 11 is 0. The van der Waals surface area contributed by atoms with Crippen LogP contribution in [0.2, 0.25) is 0 Å². The van der Waals surface area contributed by atoms with Gasteiger partial charge in [0.05, 0.1) is 18.5 Å². The molecule has 1 aromatic carbocycles. The van der Waals surface area contributed by atoms with Crippen LogP contribution < -0.4 is 15.4 Å². The molecule has 15 heavy (non-hydrogen) atoms. The zero-order valence-corrected chi connectivity index (χ0v) is 9.20. The number of para-hydroxylation sites is 1. The van der Waals surface area contributed by atoms with Gasteiger partial charge in [-0.25, -0.2) is 0 Å². The number of anilines is 2. The van der Waals surface area contributed by atoms with Crippen molar-refractivity contribution >= 4 is 11.4 Å². The molecule has 82 valence electrons. The number of nitrogens with two attached hydrogens (primary N) is 1. The normalized spacial score (nSPS) is 16.5. The van der Waals surface area contributed by atoms with Crippen molar-refractivity contribution in [1.29, 1.82) is 0 Å². The number of rotatable bonds is 2. The quantitative estimate of drug-likeness (QED) is 0.754. The summed E-state index contributed by atoms with van der Waals surface area (Å²) in [6, 6.07) is 5.95. The standard InChI is InChI=1S/C12H18N2O/c1-15-12-10(13)6-5-7-11(12)14-8-3-2-4-9-14/h5-7H,2-4,8-9,13H2,1H3. The van der Waals surface area contributed by atoms with E-state index in [1.807, 2.05) is 12.1 Å². The molecule has 2 rings (SSSR count). The molecule has 0 bridgehead atoms. The first-order chi connectivity index (χ1) is 7.33. The van der Waals surface area contributed by atoms with Crippen LogP contribution in [0.1, 0.15) is 19.3 Å². The fraction of sp³-hybridized carbons (Fsp3) is 0.500. The Kier molecular flexibility index (Phi) is 2.99. The van der Waals surface area contributed by atoms with Gasteiger partial charge in [-0.3, -0.25) is 0 Å². The van der Waals surface area contributed by atoms with Gasteiger partial charge in [-0.2, -0.15) is 0 Å². The molecule has 0 amide bonds. The summed E-state index contributed by atoms with van der Waals surface area (Å²) in [5.41, 5.74) is 7.75. The van der Waals surface area contributed by atoms with Crippen molar-refractivity contribution in [2.45, 2.75) is 19.3 Å². The third-order valence-electron chi connectivity index (χ3n) is 2.93. The van der Waals surface area contributed by atoms with Gasteiger partial charge in [-0.05, 0) is 31.4 Å². The number of nitrogen functional groups attached to an aromatic ring is 1. The number of nitrogens with zero attached hydrogens (tertiary/aromatic N) is 1. The molecule has 3 heteroatoms. The van der Waals surface area contributed by atoms with Gasteiger partial charge in [-0.15, -0.1) is 0 Å². The Morgan fingerprint density at radius 1 is 1.20 bits per heavy atom. The minimum atomic E-state index is 0.723. The van der Waals surface area contributed by atoms with E-state index in [4.69, 9.17) is 10.5 Å². The highest BCUT2D eigenvalue weighted by Gasteiger charge is 2.16. The van der Waals surface area contributed by atoms with E-state index < -0.39 is 0 Å². The lowest BCUT2D eigenvalue weighted by Gasteiger charge is -2.30. The molecule has 0 saturated carbocycles. The maximum atomic E-state index is 5.89. The van der Waals surface area contributed by atoms with Crippen LogP contribution in [0.5, 0.6) is 5.75 Å². The monoisotopic (exact) mass is 206 g/mol. The fourth-order valence-corrected chi connectivity index (χ4v) is 2.15. The third kappa shape index (κ3) is 2.01. The molecule has 1 aliphatic rings. The third-order valence-corrected chi connectivity index (χ3v) is 2.93. The lowest BCUT2D eigenvalue weighted by Crippen LogP contribution is -2.29. The van der Waals surface area contributed by atoms with Crippen LogP contribution in [-0.2, 0) is 0 Å². The molecule has 0 unspecified atom stereocenters. The van der Waals surface area contributed by atoms with Crippen molar-refractivity contribution in [3.8, 4) is 5.75 Å². The van der Waals surface area contributed by atoms with Crippen LogP contribution in [0.3, 0.4) is 0 Å². The van der Waals surface area contributed by atoms with E-state index in [0.29, 0.717) is 0 Å². The second kappa shape index (κ2) is 4.43. The average molecular weight is 206 g/mol. The number of hydrogen-bond donors (Lipinski definition) is 1. The van der Waals surface area contributed by atoms with Gasteiger partial charge in [-0.1, -0.05) is 6.07 Å². The molecule has 1 aliphatic heterocycles. The molecular formula is C12H18N2O. The van der Waals surface area contributed by atoms with Crippen molar-refractivity contribution in [2.24, 2.45) is 0 Å². The minimum Gasteiger partial charge on any atom is -0.492 e. The first-order valence-corrected chi connectivity index (χ1v) is 5.50. The van der Waals surface area contributed by atoms with E-state index in [1.165, 1.54) is 19.3 Å². The highest BCUT2D eigenvalue weighted by molar-refractivity contribution is 5.70. The Morgan fingerprint density at radius 3 is 2.60 bits per heavy atom. The molecule has 1 fully saturated rings. The van der Waals surface area contributed by atoms with Crippen LogP contribution >= 0.6 is 0 Å². The summed E-state index contributed by atoms with van der Waals surface area (Å²) < 4.78 is 5.36. The molecule has 0 aliphatic carbocycles. The van der Waals surface area contributed by atoms with Gasteiger partial charge in [0.1, 0.15) is 0 Å². The van der Waals surface area contributed by atoms with Crippen molar-refractivity contribution in [2.75, 3.05) is 30.8 Å². The average Bonchev–Trinajstić information content (AvgIpc) is 2.30. The minimum absolute atomic E-state index is 0.723. The van der Waals surface area contributed by atoms with Gasteiger partial charge in [0.15, 0.2) is 5.75 Å². The molecule has 2 N–H and O–H groups in total. The fourth-order valence-electron chi connectivity index (χ4n) is 2.15. The summed E-state index contributed by atoms with van der Waals surface area (Å²) in [4.78, 5) is 2.36. The molecule has 0 aromatic heterocycles. The van der Waals surface area contributed by atoms with E-state index in [1.54, 1.807) is 7.11 Å². The Balaban J connectivity index is 2.29. The van der Waals surface area contributed by atoms with Crippen molar-refractivity contribution < 1.29 is 4.74 Å². The summed E-state index contributed by atoms with van der Waals surface area (Å²) in [5, 5.41) is 0. The topological polar surface area (TPSA) is 38.5 Å². The van der Waals surface area contributed by atoms with Crippen molar-refractivity contribution in [3.05, 3.63) is 18.2 Å². The molecule has 0 spiro atoms.